The molecule has 6 nitrogen and oxygen atoms in total. The Morgan fingerprint density at radius 1 is 1.38 bits per heavy atom. The van der Waals surface area contributed by atoms with E-state index in [0.717, 1.165) is 18.9 Å². The molecule has 1 aromatic rings. The van der Waals surface area contributed by atoms with E-state index < -0.39 is 39.9 Å². The summed E-state index contributed by atoms with van der Waals surface area (Å²) in [5.74, 6) is -2.39. The molecular formula is C16H18FO6S-. The number of ether oxygens (including phenoxy) is 2. The molecule has 0 bridgehead atoms. The predicted molar refractivity (Wildman–Crippen MR) is 83.3 cm³/mol. The average Bonchev–Trinajstić information content (AvgIpc) is 2.97. The van der Waals surface area contributed by atoms with Crippen molar-refractivity contribution in [2.24, 2.45) is 0 Å². The zero-order chi connectivity index (χ0) is 17.8. The highest BCUT2D eigenvalue weighted by Crippen LogP contribution is 2.36. The maximum absolute atomic E-state index is 14.0. The van der Waals surface area contributed by atoms with Crippen LogP contribution in [-0.2, 0) is 14.9 Å². The number of hydrogen-bond donors (Lipinski definition) is 0. The van der Waals surface area contributed by atoms with Gasteiger partial charge < -0.3 is 14.0 Å². The van der Waals surface area contributed by atoms with Gasteiger partial charge in [0.05, 0.1) is 21.4 Å². The third-order valence-corrected chi connectivity index (χ3v) is 4.54. The van der Waals surface area contributed by atoms with Crippen LogP contribution in [0.5, 0.6) is 5.75 Å². The average molecular weight is 357 g/mol. The first kappa shape index (κ1) is 18.4. The Hall–Kier alpha value is -1.93. The SMILES string of the molecule is C=CC1(Oc2cc(C(=O)OCCS(=O)(=O)[O-])ccc2F)CCCC1. The molecule has 0 unspecified atom stereocenters. The number of benzene rings is 1. The van der Waals surface area contributed by atoms with Crippen LogP contribution in [0.2, 0.25) is 0 Å². The van der Waals surface area contributed by atoms with Crippen LogP contribution in [0.15, 0.2) is 30.9 Å². The Balaban J connectivity index is 2.10. The predicted octanol–water partition coefficient (Wildman–Crippen LogP) is 2.41. The lowest BCUT2D eigenvalue weighted by atomic mass is 10.0. The van der Waals surface area contributed by atoms with Gasteiger partial charge in [-0.1, -0.05) is 6.58 Å². The summed E-state index contributed by atoms with van der Waals surface area (Å²) in [4.78, 5) is 11.9. The second kappa shape index (κ2) is 7.31. The number of rotatable bonds is 7. The van der Waals surface area contributed by atoms with Crippen molar-refractivity contribution in [3.05, 3.63) is 42.2 Å². The van der Waals surface area contributed by atoms with E-state index in [4.69, 9.17) is 9.47 Å². The number of carbonyl (C=O) groups excluding carboxylic acids is 1. The Morgan fingerprint density at radius 2 is 2.04 bits per heavy atom. The third-order valence-electron chi connectivity index (χ3n) is 3.87. The molecule has 8 heteroatoms. The molecule has 0 aliphatic heterocycles. The van der Waals surface area contributed by atoms with Crippen molar-refractivity contribution < 1.29 is 31.6 Å². The first-order chi connectivity index (χ1) is 11.2. The largest absolute Gasteiger partial charge is 0.748 e. The van der Waals surface area contributed by atoms with Gasteiger partial charge in [0.15, 0.2) is 11.6 Å². The minimum absolute atomic E-state index is 0.00639. The smallest absolute Gasteiger partial charge is 0.338 e. The zero-order valence-electron chi connectivity index (χ0n) is 13.0. The van der Waals surface area contributed by atoms with Crippen LogP contribution in [-0.4, -0.2) is 36.9 Å². The molecule has 0 aromatic heterocycles. The molecule has 0 spiro atoms. The summed E-state index contributed by atoms with van der Waals surface area (Å²) in [5.41, 5.74) is -0.646. The van der Waals surface area contributed by atoms with Gasteiger partial charge in [0.2, 0.25) is 0 Å². The fraction of sp³-hybridized carbons (Fsp3) is 0.438. The van der Waals surface area contributed by atoms with E-state index in [0.29, 0.717) is 12.8 Å². The van der Waals surface area contributed by atoms with E-state index in [1.807, 2.05) is 0 Å². The van der Waals surface area contributed by atoms with Crippen LogP contribution in [0.3, 0.4) is 0 Å². The van der Waals surface area contributed by atoms with Gasteiger partial charge in [-0.25, -0.2) is 17.6 Å². The molecule has 1 aliphatic carbocycles. The lowest BCUT2D eigenvalue weighted by Crippen LogP contribution is -2.30. The zero-order valence-corrected chi connectivity index (χ0v) is 13.8. The van der Waals surface area contributed by atoms with Crippen LogP contribution in [0.25, 0.3) is 0 Å². The van der Waals surface area contributed by atoms with Crippen LogP contribution in [0, 0.1) is 5.82 Å². The van der Waals surface area contributed by atoms with Gasteiger partial charge >= 0.3 is 5.97 Å². The Kier molecular flexibility index (Phi) is 5.61. The van der Waals surface area contributed by atoms with Crippen LogP contribution < -0.4 is 4.74 Å². The Bertz CT molecular complexity index is 722. The van der Waals surface area contributed by atoms with E-state index >= 15 is 0 Å². The summed E-state index contributed by atoms with van der Waals surface area (Å²) in [7, 11) is -4.47. The lowest BCUT2D eigenvalue weighted by Gasteiger charge is -2.27. The molecule has 1 aliphatic rings. The lowest BCUT2D eigenvalue weighted by molar-refractivity contribution is 0.0526. The summed E-state index contributed by atoms with van der Waals surface area (Å²) >= 11 is 0. The standard InChI is InChI=1S/C16H19FO6S/c1-2-16(7-3-4-8-16)23-14-11-12(5-6-13(14)17)15(18)22-9-10-24(19,20)21/h2,5-6,11H,1,3-4,7-10H2,(H,19,20,21)/p-1. The van der Waals surface area contributed by atoms with Crippen LogP contribution in [0.4, 0.5) is 4.39 Å². The maximum Gasteiger partial charge on any atom is 0.338 e. The van der Waals surface area contributed by atoms with Crippen molar-refractivity contribution in [2.75, 3.05) is 12.4 Å². The number of hydrogen-bond acceptors (Lipinski definition) is 6. The molecular weight excluding hydrogens is 339 g/mol. The Labute approximate surface area is 140 Å². The molecule has 0 amide bonds. The highest BCUT2D eigenvalue weighted by Gasteiger charge is 2.33. The van der Waals surface area contributed by atoms with Gasteiger partial charge in [0.1, 0.15) is 12.2 Å². The summed E-state index contributed by atoms with van der Waals surface area (Å²) in [5, 5.41) is 0. The minimum atomic E-state index is -4.47. The van der Waals surface area contributed by atoms with Crippen LogP contribution in [0.1, 0.15) is 36.0 Å². The summed E-state index contributed by atoms with van der Waals surface area (Å²) < 4.78 is 55.9. The summed E-state index contributed by atoms with van der Waals surface area (Å²) in [6.07, 6.45) is 4.96. The molecule has 1 saturated carbocycles. The number of carbonyl (C=O) groups is 1. The monoisotopic (exact) mass is 357 g/mol. The molecule has 1 fully saturated rings. The van der Waals surface area contributed by atoms with Gasteiger partial charge in [0.25, 0.3) is 0 Å². The van der Waals surface area contributed by atoms with Gasteiger partial charge in [-0.2, -0.15) is 0 Å². The molecule has 24 heavy (non-hydrogen) atoms. The first-order valence-corrected chi connectivity index (χ1v) is 9.05. The first-order valence-electron chi connectivity index (χ1n) is 7.47. The van der Waals surface area contributed by atoms with Gasteiger partial charge in [-0.15, -0.1) is 0 Å². The molecule has 2 rings (SSSR count). The van der Waals surface area contributed by atoms with Crippen molar-refractivity contribution >= 4 is 16.1 Å². The molecule has 1 aromatic carbocycles. The van der Waals surface area contributed by atoms with Gasteiger partial charge in [0, 0.05) is 0 Å². The topological polar surface area (TPSA) is 92.7 Å². The number of esters is 1. The van der Waals surface area contributed by atoms with Gasteiger partial charge in [-0.05, 0) is 50.0 Å². The van der Waals surface area contributed by atoms with Crippen molar-refractivity contribution in [3.63, 3.8) is 0 Å². The fourth-order valence-corrected chi connectivity index (χ4v) is 2.86. The number of halogens is 1. The Morgan fingerprint density at radius 3 is 2.62 bits per heavy atom. The third kappa shape index (κ3) is 4.78. The molecule has 0 heterocycles. The van der Waals surface area contributed by atoms with Crippen molar-refractivity contribution in [3.8, 4) is 5.75 Å². The highest BCUT2D eigenvalue weighted by atomic mass is 32.2. The summed E-state index contributed by atoms with van der Waals surface area (Å²) in [6.45, 7) is 3.18. The van der Waals surface area contributed by atoms with Crippen LogP contribution >= 0.6 is 0 Å². The van der Waals surface area contributed by atoms with Crippen molar-refractivity contribution in [1.29, 1.82) is 0 Å². The molecule has 0 radical (unpaired) electrons. The van der Waals surface area contributed by atoms with E-state index in [1.165, 1.54) is 12.1 Å². The van der Waals surface area contributed by atoms with Crippen molar-refractivity contribution in [2.45, 2.75) is 31.3 Å². The highest BCUT2D eigenvalue weighted by molar-refractivity contribution is 7.85. The normalized spacial score (nSPS) is 16.6. The van der Waals surface area contributed by atoms with E-state index in [1.54, 1.807) is 6.08 Å². The summed E-state index contributed by atoms with van der Waals surface area (Å²) in [6, 6.07) is 3.47. The second-order valence-corrected chi connectivity index (χ2v) is 7.14. The minimum Gasteiger partial charge on any atom is -0.748 e. The van der Waals surface area contributed by atoms with Crippen molar-refractivity contribution in [1.82, 2.24) is 0 Å². The molecule has 132 valence electrons. The molecule has 0 atom stereocenters. The molecule has 0 N–H and O–H groups in total. The van der Waals surface area contributed by atoms with E-state index in [2.05, 4.69) is 6.58 Å². The molecule has 0 saturated heterocycles. The quantitative estimate of drug-likeness (QED) is 0.423. The second-order valence-electron chi connectivity index (χ2n) is 5.62. The van der Waals surface area contributed by atoms with E-state index in [-0.39, 0.29) is 11.3 Å². The van der Waals surface area contributed by atoms with E-state index in [9.17, 15) is 22.2 Å². The fourth-order valence-electron chi connectivity index (χ4n) is 2.57. The maximum atomic E-state index is 14.0. The van der Waals surface area contributed by atoms with Gasteiger partial charge in [-0.3, -0.25) is 0 Å².